The van der Waals surface area contributed by atoms with E-state index < -0.39 is 0 Å². The monoisotopic (exact) mass is 390 g/mol. The van der Waals surface area contributed by atoms with E-state index in [0.29, 0.717) is 0 Å². The number of hydrogen-bond donors (Lipinski definition) is 0. The first-order chi connectivity index (χ1) is 13.4. The largest absolute Gasteiger partial charge is 0.320 e. The Morgan fingerprint density at radius 1 is 0.429 bits per heavy atom. The van der Waals surface area contributed by atoms with Gasteiger partial charge < -0.3 is 8.97 Å². The maximum absolute atomic E-state index is 3.90. The molecule has 0 N–H and O–H groups in total. The molecule has 0 atom stereocenters. The van der Waals surface area contributed by atoms with E-state index in [9.17, 15) is 0 Å². The van der Waals surface area contributed by atoms with Gasteiger partial charge in [0.15, 0.2) is 0 Å². The van der Waals surface area contributed by atoms with Gasteiger partial charge in [0.05, 0.1) is 53.4 Å². The summed E-state index contributed by atoms with van der Waals surface area (Å²) in [7, 11) is 4.64. The summed E-state index contributed by atoms with van der Waals surface area (Å²) in [4.78, 5) is 0. The maximum atomic E-state index is 3.90. The number of unbranched alkanes of at least 4 members (excludes halogenated alkanes) is 9. The lowest BCUT2D eigenvalue weighted by Gasteiger charge is -2.32. The van der Waals surface area contributed by atoms with E-state index in [2.05, 4.69) is 40.4 Å². The molecule has 0 unspecified atom stereocenters. The van der Waals surface area contributed by atoms with Crippen molar-refractivity contribution in [2.24, 2.45) is 0 Å². The molecule has 2 heteroatoms. The van der Waals surface area contributed by atoms with Crippen LogP contribution >= 0.6 is 0 Å². The van der Waals surface area contributed by atoms with Crippen LogP contribution in [0, 0.1) is 0 Å². The van der Waals surface area contributed by atoms with Crippen molar-refractivity contribution in [3.05, 3.63) is 50.6 Å². The van der Waals surface area contributed by atoms with Crippen molar-refractivity contribution in [1.29, 1.82) is 0 Å². The summed E-state index contributed by atoms with van der Waals surface area (Å²) in [5.41, 5.74) is 0. The zero-order valence-electron chi connectivity index (χ0n) is 19.3. The van der Waals surface area contributed by atoms with Gasteiger partial charge in [0.25, 0.3) is 0 Å². The van der Waals surface area contributed by atoms with Crippen LogP contribution < -0.4 is 0 Å². The highest BCUT2D eigenvalue weighted by Gasteiger charge is 2.17. The molecule has 0 saturated carbocycles. The van der Waals surface area contributed by atoms with Crippen LogP contribution in [0.5, 0.6) is 0 Å². The minimum atomic E-state index is 1.05. The van der Waals surface area contributed by atoms with Crippen molar-refractivity contribution >= 4 is 0 Å². The fraction of sp³-hybridized carbons (Fsp3) is 0.692. The van der Waals surface area contributed by atoms with Gasteiger partial charge in [-0.3, -0.25) is 0 Å². The van der Waals surface area contributed by atoms with Crippen LogP contribution in [0.25, 0.3) is 0 Å². The van der Waals surface area contributed by atoms with Crippen LogP contribution in [0.4, 0.5) is 0 Å². The molecule has 0 amide bonds. The maximum Gasteiger partial charge on any atom is 0.0971 e. The summed E-state index contributed by atoms with van der Waals surface area (Å²) in [6, 6.07) is 0. The molecule has 0 aliphatic heterocycles. The van der Waals surface area contributed by atoms with Gasteiger partial charge in [0.1, 0.15) is 0 Å². The van der Waals surface area contributed by atoms with Crippen LogP contribution in [-0.4, -0.2) is 62.3 Å². The van der Waals surface area contributed by atoms with Gasteiger partial charge in [-0.05, 0) is 50.0 Å². The Bertz CT molecular complexity index is 364. The van der Waals surface area contributed by atoms with Gasteiger partial charge in [0.2, 0.25) is 0 Å². The van der Waals surface area contributed by atoms with Crippen LogP contribution in [0.3, 0.4) is 0 Å². The zero-order valence-corrected chi connectivity index (χ0v) is 19.3. The Kier molecular flexibility index (Phi) is 16.1. The molecule has 0 spiro atoms. The molecule has 0 heterocycles. The molecule has 0 fully saturated rings. The summed E-state index contributed by atoms with van der Waals surface area (Å²) >= 11 is 0. The van der Waals surface area contributed by atoms with Gasteiger partial charge in [-0.25, -0.2) is 0 Å². The second-order valence-corrected chi connectivity index (χ2v) is 9.11. The minimum Gasteiger partial charge on any atom is -0.320 e. The first-order valence-electron chi connectivity index (χ1n) is 11.6. The lowest BCUT2D eigenvalue weighted by Crippen LogP contribution is -2.44. The Morgan fingerprint density at radius 3 is 0.857 bits per heavy atom. The molecule has 0 aliphatic rings. The normalized spacial score (nSPS) is 11.9. The molecule has 0 aliphatic carbocycles. The molecule has 28 heavy (non-hydrogen) atoms. The average molecular weight is 391 g/mol. The van der Waals surface area contributed by atoms with Crippen LogP contribution in [0.2, 0.25) is 0 Å². The summed E-state index contributed by atoms with van der Waals surface area (Å²) in [6.07, 6.45) is 22.0. The van der Waals surface area contributed by atoms with Crippen LogP contribution in [-0.2, 0) is 0 Å². The predicted molar refractivity (Wildman–Crippen MR) is 129 cm³/mol. The highest BCUT2D eigenvalue weighted by Crippen LogP contribution is 2.14. The topological polar surface area (TPSA) is 0 Å². The van der Waals surface area contributed by atoms with E-state index in [-0.39, 0.29) is 0 Å². The van der Waals surface area contributed by atoms with Crippen molar-refractivity contribution < 1.29 is 8.97 Å². The Balaban J connectivity index is 3.60. The number of rotatable bonds is 21. The van der Waals surface area contributed by atoms with Crippen LogP contribution in [0.1, 0.15) is 64.2 Å². The van der Waals surface area contributed by atoms with Crippen molar-refractivity contribution in [1.82, 2.24) is 0 Å². The predicted octanol–water partition coefficient (Wildman–Crippen LogP) is 6.52. The fourth-order valence-corrected chi connectivity index (χ4v) is 4.16. The third-order valence-corrected chi connectivity index (χ3v) is 5.93. The lowest BCUT2D eigenvalue weighted by molar-refractivity contribution is -0.898. The summed E-state index contributed by atoms with van der Waals surface area (Å²) < 4.78 is 2.12. The summed E-state index contributed by atoms with van der Waals surface area (Å²) in [6.45, 7) is 22.3. The number of nitrogens with zero attached hydrogens (tertiary/aromatic N) is 2. The second kappa shape index (κ2) is 16.8. The Morgan fingerprint density at radius 2 is 0.643 bits per heavy atom. The Hall–Kier alpha value is -1.12. The SMILES string of the molecule is C=CC[N+](C)(CC=C)CCCCCCCCCCCC[N+](C)(CC=C)CC=C. The smallest absolute Gasteiger partial charge is 0.0971 e. The quantitative estimate of drug-likeness (QED) is 0.119. The summed E-state index contributed by atoms with van der Waals surface area (Å²) in [5, 5.41) is 0. The standard InChI is InChI=1S/C26H50N2/c1-7-21-27(5,22-8-2)25-19-17-15-13-11-12-14-16-18-20-26-28(6,23-9-3)24-10-4/h7-10H,1-4,11-26H2,5-6H3/q+2. The molecule has 0 aromatic carbocycles. The van der Waals surface area contributed by atoms with E-state index in [1.165, 1.54) is 77.3 Å². The van der Waals surface area contributed by atoms with Gasteiger partial charge in [-0.2, -0.15) is 0 Å². The molecule has 2 nitrogen and oxygen atoms in total. The van der Waals surface area contributed by atoms with Crippen molar-refractivity contribution in [2.75, 3.05) is 53.4 Å². The van der Waals surface area contributed by atoms with E-state index in [1.54, 1.807) is 0 Å². The van der Waals surface area contributed by atoms with Crippen molar-refractivity contribution in [3.63, 3.8) is 0 Å². The number of quaternary nitrogens is 2. The van der Waals surface area contributed by atoms with Gasteiger partial charge in [-0.1, -0.05) is 64.8 Å². The molecular weight excluding hydrogens is 340 g/mol. The summed E-state index contributed by atoms with van der Waals surface area (Å²) in [5.74, 6) is 0. The van der Waals surface area contributed by atoms with Gasteiger partial charge >= 0.3 is 0 Å². The zero-order chi connectivity index (χ0) is 21.1. The number of hydrogen-bond acceptors (Lipinski definition) is 0. The van der Waals surface area contributed by atoms with E-state index in [4.69, 9.17) is 0 Å². The molecular formula is C26H50N2+2. The minimum absolute atomic E-state index is 1.05. The first-order valence-corrected chi connectivity index (χ1v) is 11.6. The third kappa shape index (κ3) is 14.0. The molecule has 0 radical (unpaired) electrons. The fourth-order valence-electron chi connectivity index (χ4n) is 4.16. The molecule has 0 saturated heterocycles. The van der Waals surface area contributed by atoms with E-state index in [0.717, 1.165) is 35.1 Å². The van der Waals surface area contributed by atoms with Gasteiger partial charge in [-0.15, -0.1) is 0 Å². The van der Waals surface area contributed by atoms with E-state index in [1.807, 2.05) is 24.3 Å². The highest BCUT2D eigenvalue weighted by atomic mass is 15.3. The third-order valence-electron chi connectivity index (χ3n) is 5.93. The molecule has 162 valence electrons. The van der Waals surface area contributed by atoms with E-state index >= 15 is 0 Å². The average Bonchev–Trinajstić information content (AvgIpc) is 2.63. The molecule has 0 bridgehead atoms. The van der Waals surface area contributed by atoms with Gasteiger partial charge in [0, 0.05) is 0 Å². The molecule has 0 aromatic heterocycles. The first kappa shape index (κ1) is 26.9. The Labute approximate surface area is 177 Å². The molecule has 0 aromatic rings. The molecule has 0 rings (SSSR count). The van der Waals surface area contributed by atoms with Crippen molar-refractivity contribution in [2.45, 2.75) is 64.2 Å². The number of likely N-dealkylation sites (N-methyl/N-ethyl adjacent to an activating group) is 2. The van der Waals surface area contributed by atoms with Crippen LogP contribution in [0.15, 0.2) is 50.6 Å². The van der Waals surface area contributed by atoms with Crippen molar-refractivity contribution in [3.8, 4) is 0 Å². The second-order valence-electron chi connectivity index (χ2n) is 9.11. The lowest BCUT2D eigenvalue weighted by atomic mass is 10.1. The highest BCUT2D eigenvalue weighted by molar-refractivity contribution is 4.71.